The SMILES string of the molecule is COc1ccc(CC(CN)C(=O)NC(C)(C)C)cc1O. The number of phenolic OH excluding ortho intramolecular Hbond substituents is 1. The molecule has 1 amide bonds. The lowest BCUT2D eigenvalue weighted by Crippen LogP contribution is -2.46. The van der Waals surface area contributed by atoms with Gasteiger partial charge in [0.1, 0.15) is 0 Å². The Bertz CT molecular complexity index is 467. The normalized spacial score (nSPS) is 12.8. The first-order valence-electron chi connectivity index (χ1n) is 6.65. The molecule has 0 spiro atoms. The molecule has 0 aliphatic heterocycles. The minimum Gasteiger partial charge on any atom is -0.504 e. The van der Waals surface area contributed by atoms with Crippen LogP contribution in [0.15, 0.2) is 18.2 Å². The minimum absolute atomic E-state index is 0.0667. The van der Waals surface area contributed by atoms with Crippen LogP contribution in [0.1, 0.15) is 26.3 Å². The van der Waals surface area contributed by atoms with Gasteiger partial charge in [0.25, 0.3) is 0 Å². The Balaban J connectivity index is 2.78. The van der Waals surface area contributed by atoms with Gasteiger partial charge in [0.15, 0.2) is 11.5 Å². The molecule has 1 unspecified atom stereocenters. The van der Waals surface area contributed by atoms with E-state index in [1.807, 2.05) is 26.8 Å². The van der Waals surface area contributed by atoms with Crippen molar-refractivity contribution in [3.63, 3.8) is 0 Å². The molecule has 0 aromatic heterocycles. The molecule has 0 fully saturated rings. The number of carbonyl (C=O) groups is 1. The van der Waals surface area contributed by atoms with Gasteiger partial charge in [0.2, 0.25) is 5.91 Å². The third kappa shape index (κ3) is 4.74. The summed E-state index contributed by atoms with van der Waals surface area (Å²) in [5.41, 5.74) is 6.25. The molecular formula is C15H24N2O3. The quantitative estimate of drug-likeness (QED) is 0.762. The Morgan fingerprint density at radius 3 is 2.55 bits per heavy atom. The third-order valence-electron chi connectivity index (χ3n) is 2.88. The highest BCUT2D eigenvalue weighted by Crippen LogP contribution is 2.27. The second-order valence-electron chi connectivity index (χ2n) is 5.88. The summed E-state index contributed by atoms with van der Waals surface area (Å²) in [7, 11) is 1.49. The summed E-state index contributed by atoms with van der Waals surface area (Å²) in [6, 6.07) is 5.11. The van der Waals surface area contributed by atoms with E-state index in [0.717, 1.165) is 5.56 Å². The third-order valence-corrected chi connectivity index (χ3v) is 2.88. The average molecular weight is 280 g/mol. The summed E-state index contributed by atoms with van der Waals surface area (Å²) in [6.45, 7) is 6.04. The van der Waals surface area contributed by atoms with Crippen molar-refractivity contribution in [2.45, 2.75) is 32.7 Å². The molecule has 1 aromatic carbocycles. The fourth-order valence-electron chi connectivity index (χ4n) is 1.90. The summed E-state index contributed by atoms with van der Waals surface area (Å²) < 4.78 is 4.99. The first-order chi connectivity index (χ1) is 9.26. The predicted molar refractivity (Wildman–Crippen MR) is 78.8 cm³/mol. The van der Waals surface area contributed by atoms with E-state index < -0.39 is 0 Å². The molecule has 5 nitrogen and oxygen atoms in total. The second-order valence-corrected chi connectivity index (χ2v) is 5.88. The Labute approximate surface area is 120 Å². The minimum atomic E-state index is -0.318. The highest BCUT2D eigenvalue weighted by Gasteiger charge is 2.22. The van der Waals surface area contributed by atoms with E-state index >= 15 is 0 Å². The van der Waals surface area contributed by atoms with E-state index in [-0.39, 0.29) is 29.7 Å². The van der Waals surface area contributed by atoms with Gasteiger partial charge in [-0.1, -0.05) is 6.07 Å². The lowest BCUT2D eigenvalue weighted by atomic mass is 9.96. The maximum atomic E-state index is 12.1. The Hall–Kier alpha value is -1.75. The molecule has 4 N–H and O–H groups in total. The van der Waals surface area contributed by atoms with Gasteiger partial charge >= 0.3 is 0 Å². The number of nitrogens with two attached hydrogens (primary N) is 1. The van der Waals surface area contributed by atoms with Gasteiger partial charge in [-0.3, -0.25) is 4.79 Å². The molecule has 1 aromatic rings. The number of methoxy groups -OCH3 is 1. The number of benzene rings is 1. The van der Waals surface area contributed by atoms with Gasteiger partial charge in [-0.15, -0.1) is 0 Å². The number of nitrogens with one attached hydrogen (secondary N) is 1. The van der Waals surface area contributed by atoms with E-state index in [9.17, 15) is 9.90 Å². The second kappa shape index (κ2) is 6.61. The van der Waals surface area contributed by atoms with Crippen molar-refractivity contribution in [3.05, 3.63) is 23.8 Å². The Kier molecular flexibility index (Phi) is 5.39. The monoisotopic (exact) mass is 280 g/mol. The number of phenols is 1. The number of carbonyl (C=O) groups excluding carboxylic acids is 1. The van der Waals surface area contributed by atoms with Crippen molar-refractivity contribution >= 4 is 5.91 Å². The molecule has 20 heavy (non-hydrogen) atoms. The molecular weight excluding hydrogens is 256 g/mol. The van der Waals surface area contributed by atoms with Crippen LogP contribution in [-0.4, -0.2) is 30.2 Å². The standard InChI is InChI=1S/C15H24N2O3/c1-15(2,3)17-14(19)11(9-16)7-10-5-6-13(20-4)12(18)8-10/h5-6,8,11,18H,7,9,16H2,1-4H3,(H,17,19). The molecule has 0 saturated heterocycles. The maximum absolute atomic E-state index is 12.1. The number of hydrogen-bond donors (Lipinski definition) is 3. The van der Waals surface area contributed by atoms with Crippen LogP contribution >= 0.6 is 0 Å². The summed E-state index contributed by atoms with van der Waals surface area (Å²) in [6.07, 6.45) is 0.482. The summed E-state index contributed by atoms with van der Waals surface area (Å²) >= 11 is 0. The molecule has 0 aliphatic rings. The zero-order valence-corrected chi connectivity index (χ0v) is 12.6. The highest BCUT2D eigenvalue weighted by atomic mass is 16.5. The van der Waals surface area contributed by atoms with E-state index in [0.29, 0.717) is 12.2 Å². The van der Waals surface area contributed by atoms with Gasteiger partial charge in [-0.2, -0.15) is 0 Å². The summed E-state index contributed by atoms with van der Waals surface area (Å²) in [5.74, 6) is 0.0894. The first kappa shape index (κ1) is 16.3. The van der Waals surface area contributed by atoms with Gasteiger partial charge in [0.05, 0.1) is 13.0 Å². The molecule has 0 bridgehead atoms. The zero-order chi connectivity index (χ0) is 15.3. The van der Waals surface area contributed by atoms with Crippen molar-refractivity contribution < 1.29 is 14.6 Å². The maximum Gasteiger partial charge on any atom is 0.225 e. The lowest BCUT2D eigenvalue weighted by Gasteiger charge is -2.24. The Morgan fingerprint density at radius 1 is 1.45 bits per heavy atom. The molecule has 0 radical (unpaired) electrons. The van der Waals surface area contributed by atoms with Crippen LogP contribution in [0.4, 0.5) is 0 Å². The molecule has 1 rings (SSSR count). The number of amides is 1. The highest BCUT2D eigenvalue weighted by molar-refractivity contribution is 5.79. The van der Waals surface area contributed by atoms with Gasteiger partial charge in [-0.25, -0.2) is 0 Å². The summed E-state index contributed by atoms with van der Waals surface area (Å²) in [5, 5.41) is 12.7. The van der Waals surface area contributed by atoms with Crippen LogP contribution in [0, 0.1) is 5.92 Å². The van der Waals surface area contributed by atoms with Gasteiger partial charge in [0, 0.05) is 12.1 Å². The molecule has 112 valence electrons. The fraction of sp³-hybridized carbons (Fsp3) is 0.533. The number of aromatic hydroxyl groups is 1. The lowest BCUT2D eigenvalue weighted by molar-refractivity contribution is -0.126. The molecule has 1 atom stereocenters. The number of rotatable bonds is 5. The fourth-order valence-corrected chi connectivity index (χ4v) is 1.90. The van der Waals surface area contributed by atoms with Crippen LogP contribution in [0.3, 0.4) is 0 Å². The number of ether oxygens (including phenoxy) is 1. The van der Waals surface area contributed by atoms with E-state index in [4.69, 9.17) is 10.5 Å². The average Bonchev–Trinajstić information content (AvgIpc) is 2.33. The van der Waals surface area contributed by atoms with Crippen LogP contribution < -0.4 is 15.8 Å². The molecule has 0 heterocycles. The van der Waals surface area contributed by atoms with Crippen molar-refractivity contribution in [1.29, 1.82) is 0 Å². The van der Waals surface area contributed by atoms with Crippen LogP contribution in [0.2, 0.25) is 0 Å². The first-order valence-corrected chi connectivity index (χ1v) is 6.65. The molecule has 0 saturated carbocycles. The largest absolute Gasteiger partial charge is 0.504 e. The van der Waals surface area contributed by atoms with E-state index in [1.165, 1.54) is 7.11 Å². The van der Waals surface area contributed by atoms with Crippen molar-refractivity contribution in [2.24, 2.45) is 11.7 Å². The smallest absolute Gasteiger partial charge is 0.225 e. The topological polar surface area (TPSA) is 84.6 Å². The van der Waals surface area contributed by atoms with Crippen molar-refractivity contribution in [3.8, 4) is 11.5 Å². The predicted octanol–water partition coefficient (Wildman–Crippen LogP) is 1.43. The Morgan fingerprint density at radius 2 is 2.10 bits per heavy atom. The van der Waals surface area contributed by atoms with Crippen LogP contribution in [-0.2, 0) is 11.2 Å². The van der Waals surface area contributed by atoms with Crippen molar-refractivity contribution in [2.75, 3.05) is 13.7 Å². The van der Waals surface area contributed by atoms with Crippen LogP contribution in [0.25, 0.3) is 0 Å². The molecule has 5 heteroatoms. The van der Waals surface area contributed by atoms with Gasteiger partial charge in [-0.05, 0) is 44.9 Å². The van der Waals surface area contributed by atoms with E-state index in [1.54, 1.807) is 12.1 Å². The number of hydrogen-bond acceptors (Lipinski definition) is 4. The van der Waals surface area contributed by atoms with Crippen molar-refractivity contribution in [1.82, 2.24) is 5.32 Å². The van der Waals surface area contributed by atoms with Gasteiger partial charge < -0.3 is 20.9 Å². The molecule has 0 aliphatic carbocycles. The van der Waals surface area contributed by atoms with E-state index in [2.05, 4.69) is 5.32 Å². The van der Waals surface area contributed by atoms with Crippen LogP contribution in [0.5, 0.6) is 11.5 Å². The zero-order valence-electron chi connectivity index (χ0n) is 12.6. The summed E-state index contributed by atoms with van der Waals surface area (Å²) in [4.78, 5) is 12.1.